The molecule has 0 unspecified atom stereocenters. The minimum Gasteiger partial charge on any atom is -0.455 e. The van der Waals surface area contributed by atoms with Gasteiger partial charge < -0.3 is 15.0 Å². The summed E-state index contributed by atoms with van der Waals surface area (Å²) in [7, 11) is 1.37. The average molecular weight is 373 g/mol. The maximum atomic E-state index is 12.2. The van der Waals surface area contributed by atoms with Crippen LogP contribution in [0, 0.1) is 5.92 Å². The number of hydrogen-bond donors (Lipinski definition) is 2. The van der Waals surface area contributed by atoms with Crippen molar-refractivity contribution < 1.29 is 23.9 Å². The van der Waals surface area contributed by atoms with Crippen LogP contribution in [0.3, 0.4) is 0 Å². The summed E-state index contributed by atoms with van der Waals surface area (Å²) in [6, 6.07) is 8.86. The highest BCUT2D eigenvalue weighted by molar-refractivity contribution is 5.95. The molecule has 0 atom stereocenters. The normalized spacial score (nSPS) is 14.6. The molecule has 1 aromatic carbocycles. The van der Waals surface area contributed by atoms with Crippen LogP contribution in [0.1, 0.15) is 18.4 Å². The van der Waals surface area contributed by atoms with E-state index in [1.165, 1.54) is 13.1 Å². The average Bonchev–Trinajstić information content (AvgIpc) is 2.71. The summed E-state index contributed by atoms with van der Waals surface area (Å²) in [5, 5.41) is 4.24. The van der Waals surface area contributed by atoms with Gasteiger partial charge in [0.2, 0.25) is 5.91 Å². The molecule has 0 spiro atoms. The molecule has 8 heteroatoms. The van der Waals surface area contributed by atoms with Crippen molar-refractivity contribution in [3.05, 3.63) is 42.0 Å². The Kier molecular flexibility index (Phi) is 7.54. The van der Waals surface area contributed by atoms with Crippen LogP contribution in [0.4, 0.5) is 4.79 Å². The number of likely N-dealkylation sites (tertiary alicyclic amines) is 1. The van der Waals surface area contributed by atoms with Crippen molar-refractivity contribution in [2.24, 2.45) is 5.92 Å². The first-order valence-electron chi connectivity index (χ1n) is 8.70. The standard InChI is InChI=1S/C19H23N3O5/c1-20-19(26)21-16(23)13-27-18(25)15-9-11-22(12-10-15)17(24)8-7-14-5-3-2-4-6-14/h2-8,15H,9-13H2,1H3,(H2,20,21,23,26)/b8-7+. The third-order valence-corrected chi connectivity index (χ3v) is 4.18. The van der Waals surface area contributed by atoms with Crippen LogP contribution in [-0.2, 0) is 19.1 Å². The van der Waals surface area contributed by atoms with E-state index in [9.17, 15) is 19.2 Å². The van der Waals surface area contributed by atoms with Gasteiger partial charge in [-0.15, -0.1) is 0 Å². The van der Waals surface area contributed by atoms with E-state index in [0.29, 0.717) is 25.9 Å². The van der Waals surface area contributed by atoms with E-state index in [2.05, 4.69) is 5.32 Å². The third kappa shape index (κ3) is 6.58. The molecular weight excluding hydrogens is 350 g/mol. The van der Waals surface area contributed by atoms with Gasteiger partial charge in [-0.3, -0.25) is 19.7 Å². The maximum absolute atomic E-state index is 12.2. The predicted octanol–water partition coefficient (Wildman–Crippen LogP) is 0.937. The van der Waals surface area contributed by atoms with Gasteiger partial charge in [-0.1, -0.05) is 30.3 Å². The lowest BCUT2D eigenvalue weighted by Crippen LogP contribution is -2.42. The first-order valence-corrected chi connectivity index (χ1v) is 8.70. The highest BCUT2D eigenvalue weighted by Crippen LogP contribution is 2.19. The summed E-state index contributed by atoms with van der Waals surface area (Å²) in [5.41, 5.74) is 0.944. The molecule has 1 saturated heterocycles. The molecule has 0 saturated carbocycles. The summed E-state index contributed by atoms with van der Waals surface area (Å²) in [5.74, 6) is -1.65. The number of amides is 4. The Morgan fingerprint density at radius 3 is 2.44 bits per heavy atom. The molecule has 2 rings (SSSR count). The van der Waals surface area contributed by atoms with Gasteiger partial charge in [-0.2, -0.15) is 0 Å². The predicted molar refractivity (Wildman–Crippen MR) is 98.3 cm³/mol. The Bertz CT molecular complexity index is 709. The second-order valence-corrected chi connectivity index (χ2v) is 6.08. The lowest BCUT2D eigenvalue weighted by molar-refractivity contribution is -0.154. The van der Waals surface area contributed by atoms with Crippen molar-refractivity contribution >= 4 is 29.9 Å². The van der Waals surface area contributed by atoms with E-state index in [4.69, 9.17) is 4.74 Å². The number of carbonyl (C=O) groups excluding carboxylic acids is 4. The number of urea groups is 1. The smallest absolute Gasteiger partial charge is 0.321 e. The van der Waals surface area contributed by atoms with Crippen LogP contribution in [0.2, 0.25) is 0 Å². The highest BCUT2D eigenvalue weighted by Gasteiger charge is 2.28. The van der Waals surface area contributed by atoms with Crippen LogP contribution in [0.25, 0.3) is 6.08 Å². The molecule has 0 bridgehead atoms. The van der Waals surface area contributed by atoms with Gasteiger partial charge in [0.1, 0.15) is 0 Å². The highest BCUT2D eigenvalue weighted by atomic mass is 16.5. The Labute approximate surface area is 157 Å². The fourth-order valence-corrected chi connectivity index (χ4v) is 2.65. The molecule has 2 N–H and O–H groups in total. The second-order valence-electron chi connectivity index (χ2n) is 6.08. The number of nitrogens with zero attached hydrogens (tertiary/aromatic N) is 1. The SMILES string of the molecule is CNC(=O)NC(=O)COC(=O)C1CCN(C(=O)/C=C/c2ccccc2)CC1. The fraction of sp³-hybridized carbons (Fsp3) is 0.368. The van der Waals surface area contributed by atoms with Crippen molar-refractivity contribution in [1.82, 2.24) is 15.5 Å². The van der Waals surface area contributed by atoms with E-state index >= 15 is 0 Å². The van der Waals surface area contributed by atoms with E-state index < -0.39 is 24.5 Å². The zero-order valence-corrected chi connectivity index (χ0v) is 15.1. The summed E-state index contributed by atoms with van der Waals surface area (Å²) >= 11 is 0. The summed E-state index contributed by atoms with van der Waals surface area (Å²) in [6.45, 7) is 0.384. The van der Waals surface area contributed by atoms with Crippen molar-refractivity contribution in [2.45, 2.75) is 12.8 Å². The van der Waals surface area contributed by atoms with Crippen LogP contribution in [-0.4, -0.2) is 55.5 Å². The molecule has 8 nitrogen and oxygen atoms in total. The lowest BCUT2D eigenvalue weighted by Gasteiger charge is -2.30. The first kappa shape index (κ1) is 20.2. The van der Waals surface area contributed by atoms with Crippen LogP contribution in [0.5, 0.6) is 0 Å². The number of benzene rings is 1. The number of esters is 1. The topological polar surface area (TPSA) is 105 Å². The van der Waals surface area contributed by atoms with Crippen molar-refractivity contribution in [1.29, 1.82) is 0 Å². The Morgan fingerprint density at radius 2 is 1.81 bits per heavy atom. The largest absolute Gasteiger partial charge is 0.455 e. The van der Waals surface area contributed by atoms with Gasteiger partial charge in [0.15, 0.2) is 6.61 Å². The Balaban J connectivity index is 1.73. The fourth-order valence-electron chi connectivity index (χ4n) is 2.65. The van der Waals surface area contributed by atoms with Crippen LogP contribution in [0.15, 0.2) is 36.4 Å². The van der Waals surface area contributed by atoms with Gasteiger partial charge in [-0.05, 0) is 24.5 Å². The summed E-state index contributed by atoms with van der Waals surface area (Å²) < 4.78 is 4.94. The zero-order valence-electron chi connectivity index (χ0n) is 15.1. The molecule has 144 valence electrons. The van der Waals surface area contributed by atoms with Crippen LogP contribution >= 0.6 is 0 Å². The molecule has 4 amide bonds. The molecule has 0 radical (unpaired) electrons. The number of imide groups is 1. The van der Waals surface area contributed by atoms with Crippen molar-refractivity contribution in [3.63, 3.8) is 0 Å². The number of ether oxygens (including phenoxy) is 1. The van der Waals surface area contributed by atoms with Gasteiger partial charge in [-0.25, -0.2) is 4.79 Å². The van der Waals surface area contributed by atoms with Gasteiger partial charge >= 0.3 is 12.0 Å². The molecule has 0 aliphatic carbocycles. The molecule has 1 fully saturated rings. The molecule has 1 heterocycles. The van der Waals surface area contributed by atoms with Crippen molar-refractivity contribution in [3.8, 4) is 0 Å². The molecule has 27 heavy (non-hydrogen) atoms. The second kappa shape index (κ2) is 10.1. The van der Waals surface area contributed by atoms with Gasteiger partial charge in [0.25, 0.3) is 5.91 Å². The van der Waals surface area contributed by atoms with Gasteiger partial charge in [0.05, 0.1) is 5.92 Å². The van der Waals surface area contributed by atoms with Gasteiger partial charge in [0, 0.05) is 26.2 Å². The molecule has 1 aliphatic heterocycles. The van der Waals surface area contributed by atoms with Crippen LogP contribution < -0.4 is 10.6 Å². The number of rotatable bonds is 5. The Hall–Kier alpha value is -3.16. The molecule has 0 aromatic heterocycles. The summed E-state index contributed by atoms with van der Waals surface area (Å²) in [6.07, 6.45) is 4.23. The molecule has 1 aromatic rings. The lowest BCUT2D eigenvalue weighted by atomic mass is 9.97. The van der Waals surface area contributed by atoms with E-state index in [-0.39, 0.29) is 11.8 Å². The Morgan fingerprint density at radius 1 is 1.15 bits per heavy atom. The minimum absolute atomic E-state index is 0.101. The molecule has 1 aliphatic rings. The quantitative estimate of drug-likeness (QED) is 0.590. The monoisotopic (exact) mass is 373 g/mol. The number of piperidine rings is 1. The minimum atomic E-state index is -0.693. The summed E-state index contributed by atoms with van der Waals surface area (Å²) in [4.78, 5) is 48.3. The van der Waals surface area contributed by atoms with E-state index in [1.807, 2.05) is 35.6 Å². The van der Waals surface area contributed by atoms with E-state index in [1.54, 1.807) is 11.0 Å². The number of carbonyl (C=O) groups is 4. The van der Waals surface area contributed by atoms with E-state index in [0.717, 1.165) is 5.56 Å². The number of hydrogen-bond acceptors (Lipinski definition) is 5. The third-order valence-electron chi connectivity index (χ3n) is 4.18. The first-order chi connectivity index (χ1) is 13.0. The number of nitrogens with one attached hydrogen (secondary N) is 2. The molecular formula is C19H23N3O5. The zero-order chi connectivity index (χ0) is 19.6. The maximum Gasteiger partial charge on any atom is 0.321 e. The van der Waals surface area contributed by atoms with Crippen molar-refractivity contribution in [2.75, 3.05) is 26.7 Å².